The van der Waals surface area contributed by atoms with E-state index in [1.165, 1.54) is 16.9 Å². The zero-order valence-electron chi connectivity index (χ0n) is 14.2. The number of nitrogens with zero attached hydrogens (tertiary/aromatic N) is 3. The Morgan fingerprint density at radius 3 is 3.04 bits per heavy atom. The second-order valence-electron chi connectivity index (χ2n) is 6.53. The van der Waals surface area contributed by atoms with Crippen molar-refractivity contribution in [1.82, 2.24) is 20.4 Å². The van der Waals surface area contributed by atoms with Gasteiger partial charge in [-0.3, -0.25) is 9.89 Å². The zero-order chi connectivity index (χ0) is 17.4. The molecule has 0 saturated heterocycles. The van der Waals surface area contributed by atoms with Crippen LogP contribution in [0.5, 0.6) is 0 Å². The van der Waals surface area contributed by atoms with Gasteiger partial charge in [-0.15, -0.1) is 10.2 Å². The Bertz CT molecular complexity index is 929. The van der Waals surface area contributed by atoms with Crippen LogP contribution in [0.25, 0.3) is 10.6 Å². The second kappa shape index (κ2) is 6.40. The van der Waals surface area contributed by atoms with E-state index in [2.05, 4.69) is 57.8 Å². The molecule has 0 spiro atoms. The van der Waals surface area contributed by atoms with E-state index in [0.717, 1.165) is 46.7 Å². The quantitative estimate of drug-likeness (QED) is 0.757. The third-order valence-corrected chi connectivity index (χ3v) is 5.53. The Kier molecular flexibility index (Phi) is 4.09. The minimum Gasteiger partial charge on any atom is -0.300 e. The molecule has 4 rings (SSSR count). The van der Waals surface area contributed by atoms with Crippen molar-refractivity contribution in [2.45, 2.75) is 33.1 Å². The van der Waals surface area contributed by atoms with Crippen LogP contribution in [0.2, 0.25) is 0 Å². The number of benzene rings is 1. The summed E-state index contributed by atoms with van der Waals surface area (Å²) in [5, 5.41) is 19.7. The maximum atomic E-state index is 12.6. The van der Waals surface area contributed by atoms with E-state index in [0.29, 0.717) is 5.13 Å². The summed E-state index contributed by atoms with van der Waals surface area (Å²) in [6.07, 6.45) is 4.22. The first-order valence-electron chi connectivity index (χ1n) is 8.33. The molecule has 128 valence electrons. The van der Waals surface area contributed by atoms with Crippen LogP contribution in [0.15, 0.2) is 24.4 Å². The molecular weight excluding hydrogens is 334 g/mol. The second-order valence-corrected chi connectivity index (χ2v) is 7.51. The summed E-state index contributed by atoms with van der Waals surface area (Å²) >= 11 is 1.41. The Hall–Kier alpha value is -2.54. The van der Waals surface area contributed by atoms with Gasteiger partial charge in [0.25, 0.3) is 0 Å². The van der Waals surface area contributed by atoms with Gasteiger partial charge in [-0.05, 0) is 44.2 Å². The lowest BCUT2D eigenvalue weighted by Crippen LogP contribution is -2.27. The van der Waals surface area contributed by atoms with Crippen LogP contribution < -0.4 is 5.32 Å². The molecule has 0 saturated carbocycles. The average molecular weight is 353 g/mol. The molecule has 1 aliphatic carbocycles. The molecular formula is C18H19N5OS. The summed E-state index contributed by atoms with van der Waals surface area (Å²) in [6.45, 7) is 4.13. The third kappa shape index (κ3) is 3.19. The number of carbonyl (C=O) groups excluding carboxylic acids is 1. The number of hydrogen-bond acceptors (Lipinski definition) is 5. The number of rotatable bonds is 3. The van der Waals surface area contributed by atoms with Crippen LogP contribution in [-0.4, -0.2) is 26.3 Å². The highest BCUT2D eigenvalue weighted by Gasteiger charge is 2.26. The minimum atomic E-state index is -0.0430. The Morgan fingerprint density at radius 2 is 2.20 bits per heavy atom. The van der Waals surface area contributed by atoms with Gasteiger partial charge in [-0.2, -0.15) is 5.10 Å². The van der Waals surface area contributed by atoms with Gasteiger partial charge in [0.1, 0.15) is 5.01 Å². The first kappa shape index (κ1) is 16.0. The first-order chi connectivity index (χ1) is 12.1. The van der Waals surface area contributed by atoms with Crippen LogP contribution in [-0.2, 0) is 17.6 Å². The number of H-pyrrole nitrogens is 1. The van der Waals surface area contributed by atoms with E-state index < -0.39 is 0 Å². The molecule has 6 nitrogen and oxygen atoms in total. The molecule has 2 heterocycles. The summed E-state index contributed by atoms with van der Waals surface area (Å²) in [5.41, 5.74) is 5.73. The highest BCUT2D eigenvalue weighted by molar-refractivity contribution is 7.18. The minimum absolute atomic E-state index is 0.00942. The van der Waals surface area contributed by atoms with Crippen molar-refractivity contribution in [3.05, 3.63) is 46.8 Å². The molecule has 0 radical (unpaired) electrons. The third-order valence-electron chi connectivity index (χ3n) is 4.65. The van der Waals surface area contributed by atoms with Crippen molar-refractivity contribution in [1.29, 1.82) is 0 Å². The molecule has 7 heteroatoms. The van der Waals surface area contributed by atoms with E-state index in [9.17, 15) is 4.79 Å². The van der Waals surface area contributed by atoms with E-state index in [4.69, 9.17) is 0 Å². The molecule has 1 unspecified atom stereocenters. The molecule has 25 heavy (non-hydrogen) atoms. The molecule has 1 aliphatic rings. The monoisotopic (exact) mass is 353 g/mol. The topological polar surface area (TPSA) is 83.6 Å². The number of anilines is 1. The summed E-state index contributed by atoms with van der Waals surface area (Å²) in [4.78, 5) is 12.6. The number of nitrogens with one attached hydrogen (secondary N) is 2. The summed E-state index contributed by atoms with van der Waals surface area (Å²) in [6, 6.07) is 6.24. The van der Waals surface area contributed by atoms with Gasteiger partial charge in [0, 0.05) is 17.2 Å². The molecule has 1 aromatic carbocycles. The number of fused-ring (bicyclic) bond motifs is 1. The van der Waals surface area contributed by atoms with Crippen molar-refractivity contribution in [2.75, 3.05) is 5.32 Å². The predicted molar refractivity (Wildman–Crippen MR) is 97.6 cm³/mol. The van der Waals surface area contributed by atoms with Gasteiger partial charge in [-0.25, -0.2) is 0 Å². The molecule has 0 bridgehead atoms. The zero-order valence-corrected chi connectivity index (χ0v) is 15.0. The Labute approximate surface area is 149 Å². The normalized spacial score (nSPS) is 16.5. The maximum absolute atomic E-state index is 12.6. The summed E-state index contributed by atoms with van der Waals surface area (Å²) in [5.74, 6) is -0.0336. The van der Waals surface area contributed by atoms with Crippen LogP contribution in [0, 0.1) is 19.8 Å². The maximum Gasteiger partial charge on any atom is 0.229 e. The standard InChI is InChI=1S/C18H19N5OS/c1-10-3-5-14(11(2)7-10)17-22-23-18(25-17)20-16(24)12-4-6-15-13(8-12)9-19-21-15/h3,5,7,9,12H,4,6,8H2,1-2H3,(H,19,21)(H,20,23,24). The lowest BCUT2D eigenvalue weighted by Gasteiger charge is -2.20. The Morgan fingerprint density at radius 1 is 1.32 bits per heavy atom. The number of carbonyl (C=O) groups is 1. The van der Waals surface area contributed by atoms with E-state index in [-0.39, 0.29) is 11.8 Å². The van der Waals surface area contributed by atoms with Gasteiger partial charge in [0.2, 0.25) is 11.0 Å². The lowest BCUT2D eigenvalue weighted by molar-refractivity contribution is -0.120. The number of amides is 1. The fourth-order valence-corrected chi connectivity index (χ4v) is 4.12. The van der Waals surface area contributed by atoms with Gasteiger partial charge in [0.05, 0.1) is 6.20 Å². The predicted octanol–water partition coefficient (Wildman–Crippen LogP) is 3.29. The summed E-state index contributed by atoms with van der Waals surface area (Å²) < 4.78 is 0. The van der Waals surface area contributed by atoms with Gasteiger partial charge in [-0.1, -0.05) is 35.1 Å². The largest absolute Gasteiger partial charge is 0.300 e. The fraction of sp³-hybridized carbons (Fsp3) is 0.333. The first-order valence-corrected chi connectivity index (χ1v) is 9.15. The fourth-order valence-electron chi connectivity index (χ4n) is 3.28. The number of aromatic nitrogens is 4. The van der Waals surface area contributed by atoms with Crippen molar-refractivity contribution in [3.8, 4) is 10.6 Å². The highest BCUT2D eigenvalue weighted by atomic mass is 32.1. The molecule has 3 aromatic rings. The van der Waals surface area contributed by atoms with Crippen molar-refractivity contribution in [2.24, 2.45) is 5.92 Å². The summed E-state index contributed by atoms with van der Waals surface area (Å²) in [7, 11) is 0. The lowest BCUT2D eigenvalue weighted by atomic mass is 9.87. The molecule has 0 aliphatic heterocycles. The van der Waals surface area contributed by atoms with Gasteiger partial charge in [0.15, 0.2) is 0 Å². The Balaban J connectivity index is 1.47. The van der Waals surface area contributed by atoms with E-state index in [1.807, 2.05) is 6.20 Å². The molecule has 0 fully saturated rings. The smallest absolute Gasteiger partial charge is 0.229 e. The number of aromatic amines is 1. The van der Waals surface area contributed by atoms with E-state index >= 15 is 0 Å². The van der Waals surface area contributed by atoms with Crippen molar-refractivity contribution < 1.29 is 4.79 Å². The molecule has 2 aromatic heterocycles. The highest BCUT2D eigenvalue weighted by Crippen LogP contribution is 2.30. The van der Waals surface area contributed by atoms with Crippen molar-refractivity contribution in [3.63, 3.8) is 0 Å². The average Bonchev–Trinajstić information content (AvgIpc) is 3.23. The molecule has 1 amide bonds. The van der Waals surface area contributed by atoms with Crippen LogP contribution in [0.4, 0.5) is 5.13 Å². The SMILES string of the molecule is Cc1ccc(-c2nnc(NC(=O)C3CCc4[nH]ncc4C3)s2)c(C)c1. The van der Waals surface area contributed by atoms with Crippen LogP contribution in [0.1, 0.15) is 28.8 Å². The van der Waals surface area contributed by atoms with E-state index in [1.54, 1.807) is 0 Å². The van der Waals surface area contributed by atoms with Crippen molar-refractivity contribution >= 4 is 22.4 Å². The molecule has 2 N–H and O–H groups in total. The van der Waals surface area contributed by atoms with Gasteiger partial charge < -0.3 is 5.32 Å². The number of hydrogen-bond donors (Lipinski definition) is 2. The number of aryl methyl sites for hydroxylation is 3. The van der Waals surface area contributed by atoms with Crippen LogP contribution >= 0.6 is 11.3 Å². The van der Waals surface area contributed by atoms with Gasteiger partial charge >= 0.3 is 0 Å². The molecule has 1 atom stereocenters. The van der Waals surface area contributed by atoms with Crippen LogP contribution in [0.3, 0.4) is 0 Å².